The molecule has 0 aliphatic heterocycles. The van der Waals surface area contributed by atoms with Gasteiger partial charge in [-0.2, -0.15) is 5.10 Å². The number of aromatic carboxylic acids is 1. The summed E-state index contributed by atoms with van der Waals surface area (Å²) < 4.78 is 6.64. The molecule has 0 bridgehead atoms. The van der Waals surface area contributed by atoms with Crippen molar-refractivity contribution in [2.45, 2.75) is 6.92 Å². The Balaban J connectivity index is 2.66. The summed E-state index contributed by atoms with van der Waals surface area (Å²) in [6, 6.07) is 5.00. The van der Waals surface area contributed by atoms with Crippen LogP contribution in [0, 0.1) is 6.92 Å². The van der Waals surface area contributed by atoms with Crippen molar-refractivity contribution >= 4 is 5.97 Å². The van der Waals surface area contributed by atoms with Crippen LogP contribution in [0.25, 0.3) is 5.69 Å². The second-order valence-corrected chi connectivity index (χ2v) is 3.59. The number of ether oxygens (including phenoxy) is 1. The van der Waals surface area contributed by atoms with E-state index in [-0.39, 0.29) is 5.56 Å². The summed E-state index contributed by atoms with van der Waals surface area (Å²) in [4.78, 5) is 11.2. The van der Waals surface area contributed by atoms with Crippen molar-refractivity contribution in [1.29, 1.82) is 0 Å². The van der Waals surface area contributed by atoms with Gasteiger partial charge in [0.25, 0.3) is 0 Å². The molecule has 0 aliphatic rings. The second kappa shape index (κ2) is 4.29. The van der Waals surface area contributed by atoms with Crippen LogP contribution in [0.3, 0.4) is 0 Å². The van der Waals surface area contributed by atoms with E-state index in [1.54, 1.807) is 24.5 Å². The van der Waals surface area contributed by atoms with E-state index in [4.69, 9.17) is 4.74 Å². The SMILES string of the molecule is COc1cc(C(=O)O)c(-n2cccn2)cc1C. The molecule has 2 aromatic rings. The van der Waals surface area contributed by atoms with E-state index in [9.17, 15) is 9.90 Å². The van der Waals surface area contributed by atoms with Gasteiger partial charge in [0.1, 0.15) is 5.75 Å². The van der Waals surface area contributed by atoms with Crippen LogP contribution in [0.15, 0.2) is 30.6 Å². The Hall–Kier alpha value is -2.30. The third-order valence-electron chi connectivity index (χ3n) is 2.49. The van der Waals surface area contributed by atoms with E-state index in [0.717, 1.165) is 5.56 Å². The van der Waals surface area contributed by atoms with Crippen LogP contribution >= 0.6 is 0 Å². The molecule has 5 heteroatoms. The van der Waals surface area contributed by atoms with E-state index in [2.05, 4.69) is 5.10 Å². The number of aromatic nitrogens is 2. The Morgan fingerprint density at radius 1 is 1.47 bits per heavy atom. The average Bonchev–Trinajstić information content (AvgIpc) is 2.81. The number of nitrogens with zero attached hydrogens (tertiary/aromatic N) is 2. The molecule has 0 fully saturated rings. The molecule has 0 amide bonds. The van der Waals surface area contributed by atoms with Crippen molar-refractivity contribution in [1.82, 2.24) is 9.78 Å². The molecule has 0 atom stereocenters. The van der Waals surface area contributed by atoms with E-state index < -0.39 is 5.97 Å². The van der Waals surface area contributed by atoms with Gasteiger partial charge in [0.15, 0.2) is 0 Å². The van der Waals surface area contributed by atoms with Crippen LogP contribution in [0.1, 0.15) is 15.9 Å². The summed E-state index contributed by atoms with van der Waals surface area (Å²) in [5, 5.41) is 13.2. The highest BCUT2D eigenvalue weighted by Crippen LogP contribution is 2.25. The topological polar surface area (TPSA) is 64.3 Å². The number of hydrogen-bond acceptors (Lipinski definition) is 3. The molecule has 0 radical (unpaired) electrons. The van der Waals surface area contributed by atoms with Crippen molar-refractivity contribution < 1.29 is 14.6 Å². The van der Waals surface area contributed by atoms with Crippen LogP contribution in [-0.2, 0) is 0 Å². The second-order valence-electron chi connectivity index (χ2n) is 3.59. The quantitative estimate of drug-likeness (QED) is 0.877. The Kier molecular flexibility index (Phi) is 2.82. The zero-order chi connectivity index (χ0) is 12.4. The molecule has 0 aliphatic carbocycles. The predicted octanol–water partition coefficient (Wildman–Crippen LogP) is 1.89. The van der Waals surface area contributed by atoms with Gasteiger partial charge in [-0.15, -0.1) is 0 Å². The van der Waals surface area contributed by atoms with Crippen molar-refractivity contribution in [3.63, 3.8) is 0 Å². The summed E-state index contributed by atoms with van der Waals surface area (Å²) in [7, 11) is 1.52. The van der Waals surface area contributed by atoms with Gasteiger partial charge in [-0.25, -0.2) is 9.48 Å². The first-order valence-corrected chi connectivity index (χ1v) is 5.05. The lowest BCUT2D eigenvalue weighted by atomic mass is 10.1. The Morgan fingerprint density at radius 3 is 2.76 bits per heavy atom. The zero-order valence-corrected chi connectivity index (χ0v) is 9.54. The van der Waals surface area contributed by atoms with Gasteiger partial charge >= 0.3 is 5.97 Å². The first kappa shape index (κ1) is 11.2. The number of benzene rings is 1. The maximum Gasteiger partial charge on any atom is 0.338 e. The number of carbonyl (C=O) groups is 1. The van der Waals surface area contributed by atoms with Crippen molar-refractivity contribution in [3.05, 3.63) is 41.7 Å². The monoisotopic (exact) mass is 232 g/mol. The summed E-state index contributed by atoms with van der Waals surface area (Å²) in [6.45, 7) is 1.86. The van der Waals surface area contributed by atoms with E-state index in [0.29, 0.717) is 11.4 Å². The highest BCUT2D eigenvalue weighted by molar-refractivity contribution is 5.92. The molecule has 1 aromatic heterocycles. The molecule has 0 spiro atoms. The van der Waals surface area contributed by atoms with Gasteiger partial charge in [-0.05, 0) is 30.7 Å². The first-order valence-electron chi connectivity index (χ1n) is 5.05. The van der Waals surface area contributed by atoms with Gasteiger partial charge in [-0.1, -0.05) is 0 Å². The fourth-order valence-corrected chi connectivity index (χ4v) is 1.66. The molecule has 17 heavy (non-hydrogen) atoms. The minimum absolute atomic E-state index is 0.163. The molecule has 0 saturated carbocycles. The third kappa shape index (κ3) is 1.99. The fraction of sp³-hybridized carbons (Fsp3) is 0.167. The van der Waals surface area contributed by atoms with Gasteiger partial charge < -0.3 is 9.84 Å². The molecule has 1 aromatic carbocycles. The summed E-state index contributed by atoms with van der Waals surface area (Å²) in [5.41, 5.74) is 1.56. The summed E-state index contributed by atoms with van der Waals surface area (Å²) >= 11 is 0. The number of hydrogen-bond donors (Lipinski definition) is 1. The van der Waals surface area contributed by atoms with Crippen molar-refractivity contribution in [2.24, 2.45) is 0 Å². The minimum atomic E-state index is -1.01. The number of carboxylic acids is 1. The first-order chi connectivity index (χ1) is 8.13. The number of rotatable bonds is 3. The molecule has 0 saturated heterocycles. The fourth-order valence-electron chi connectivity index (χ4n) is 1.66. The standard InChI is InChI=1S/C12H12N2O3/c1-8-6-10(14-5-3-4-13-14)9(12(15)16)7-11(8)17-2/h3-7H,1-2H3,(H,15,16). The lowest BCUT2D eigenvalue weighted by molar-refractivity contribution is 0.0696. The third-order valence-corrected chi connectivity index (χ3v) is 2.49. The van der Waals surface area contributed by atoms with Crippen LogP contribution < -0.4 is 4.74 Å². The molecule has 2 rings (SSSR count). The van der Waals surface area contributed by atoms with Crippen molar-refractivity contribution in [2.75, 3.05) is 7.11 Å². The number of methoxy groups -OCH3 is 1. The normalized spacial score (nSPS) is 10.2. The molecule has 1 heterocycles. The largest absolute Gasteiger partial charge is 0.496 e. The van der Waals surface area contributed by atoms with Crippen molar-refractivity contribution in [3.8, 4) is 11.4 Å². The molecular weight excluding hydrogens is 220 g/mol. The van der Waals surface area contributed by atoms with E-state index in [1.165, 1.54) is 17.9 Å². The predicted molar refractivity (Wildman–Crippen MR) is 61.8 cm³/mol. The van der Waals surface area contributed by atoms with Crippen LogP contribution in [0.4, 0.5) is 0 Å². The lowest BCUT2D eigenvalue weighted by Gasteiger charge is -2.11. The highest BCUT2D eigenvalue weighted by Gasteiger charge is 2.15. The zero-order valence-electron chi connectivity index (χ0n) is 9.54. The lowest BCUT2D eigenvalue weighted by Crippen LogP contribution is -2.07. The highest BCUT2D eigenvalue weighted by atomic mass is 16.5. The van der Waals surface area contributed by atoms with Gasteiger partial charge in [0, 0.05) is 12.4 Å². The van der Waals surface area contributed by atoms with Gasteiger partial charge in [0.05, 0.1) is 18.4 Å². The van der Waals surface area contributed by atoms with E-state index in [1.807, 2.05) is 6.92 Å². The molecule has 5 nitrogen and oxygen atoms in total. The van der Waals surface area contributed by atoms with E-state index >= 15 is 0 Å². The van der Waals surface area contributed by atoms with Crippen LogP contribution in [0.5, 0.6) is 5.75 Å². The van der Waals surface area contributed by atoms with Gasteiger partial charge in [0.2, 0.25) is 0 Å². The molecule has 1 N–H and O–H groups in total. The molecule has 88 valence electrons. The maximum absolute atomic E-state index is 11.2. The average molecular weight is 232 g/mol. The number of carboxylic acid groups (broad SMARTS) is 1. The maximum atomic E-state index is 11.2. The summed E-state index contributed by atoms with van der Waals surface area (Å²) in [5.74, 6) is -0.452. The van der Waals surface area contributed by atoms with Crippen LogP contribution in [-0.4, -0.2) is 28.0 Å². The minimum Gasteiger partial charge on any atom is -0.496 e. The molecule has 0 unspecified atom stereocenters. The number of aryl methyl sites for hydroxylation is 1. The Bertz CT molecular complexity index is 547. The van der Waals surface area contributed by atoms with Gasteiger partial charge in [-0.3, -0.25) is 0 Å². The van der Waals surface area contributed by atoms with Crippen LogP contribution in [0.2, 0.25) is 0 Å². The Morgan fingerprint density at radius 2 is 2.24 bits per heavy atom. The Labute approximate surface area is 98.3 Å². The summed E-state index contributed by atoms with van der Waals surface area (Å²) in [6.07, 6.45) is 3.30. The molecular formula is C12H12N2O3. The smallest absolute Gasteiger partial charge is 0.338 e.